The van der Waals surface area contributed by atoms with Crippen molar-refractivity contribution < 1.29 is 4.79 Å². The van der Waals surface area contributed by atoms with Gasteiger partial charge in [-0.05, 0) is 19.1 Å². The summed E-state index contributed by atoms with van der Waals surface area (Å²) in [5.74, 6) is 1.02. The van der Waals surface area contributed by atoms with E-state index in [1.807, 2.05) is 11.8 Å². The first-order valence-corrected chi connectivity index (χ1v) is 11.7. The lowest BCUT2D eigenvalue weighted by Gasteiger charge is -2.13. The number of carbonyl (C=O) groups is 1. The molecule has 22 heavy (non-hydrogen) atoms. The van der Waals surface area contributed by atoms with Gasteiger partial charge in [0.25, 0.3) is 0 Å². The van der Waals surface area contributed by atoms with E-state index in [0.29, 0.717) is 10.4 Å². The van der Waals surface area contributed by atoms with Gasteiger partial charge in [0.2, 0.25) is 0 Å². The number of rotatable bonds is 16. The van der Waals surface area contributed by atoms with Crippen LogP contribution < -0.4 is 0 Å². The minimum atomic E-state index is 0.417. The van der Waals surface area contributed by atoms with E-state index in [1.165, 1.54) is 70.6 Å². The Morgan fingerprint density at radius 2 is 1.36 bits per heavy atom. The van der Waals surface area contributed by atoms with Gasteiger partial charge in [-0.2, -0.15) is 11.8 Å². The van der Waals surface area contributed by atoms with Crippen molar-refractivity contribution in [3.63, 3.8) is 0 Å². The summed E-state index contributed by atoms with van der Waals surface area (Å²) >= 11 is 3.53. The van der Waals surface area contributed by atoms with Crippen LogP contribution in [0.5, 0.6) is 0 Å². The average molecular weight is 347 g/mol. The van der Waals surface area contributed by atoms with Crippen LogP contribution in [0.15, 0.2) is 0 Å². The molecular formula is C19H38OS2. The number of carbonyl (C=O) groups excluding carboxylic acids is 1. The van der Waals surface area contributed by atoms with Crippen LogP contribution in [-0.4, -0.2) is 22.4 Å². The van der Waals surface area contributed by atoms with E-state index in [2.05, 4.69) is 20.1 Å². The smallest absolute Gasteiger partial charge is 0.188 e. The highest BCUT2D eigenvalue weighted by Gasteiger charge is 2.10. The van der Waals surface area contributed by atoms with Gasteiger partial charge in [-0.3, -0.25) is 4.79 Å². The molecular weight excluding hydrogens is 308 g/mol. The third-order valence-corrected chi connectivity index (χ3v) is 6.50. The molecule has 0 N–H and O–H groups in total. The Bertz CT molecular complexity index is 244. The molecule has 0 amide bonds. The SMILES string of the molecule is CCCCCCCCC(=O)SCC(CCCCCCC)SC. The van der Waals surface area contributed by atoms with Crippen molar-refractivity contribution in [3.8, 4) is 0 Å². The van der Waals surface area contributed by atoms with Crippen molar-refractivity contribution in [2.75, 3.05) is 12.0 Å². The lowest BCUT2D eigenvalue weighted by molar-refractivity contribution is -0.111. The first-order chi connectivity index (χ1) is 10.7. The van der Waals surface area contributed by atoms with Gasteiger partial charge in [-0.15, -0.1) is 0 Å². The lowest BCUT2D eigenvalue weighted by atomic mass is 10.1. The number of hydrogen-bond donors (Lipinski definition) is 0. The average Bonchev–Trinajstić information content (AvgIpc) is 2.53. The summed E-state index contributed by atoms with van der Waals surface area (Å²) in [6.45, 7) is 4.50. The van der Waals surface area contributed by atoms with Gasteiger partial charge in [-0.25, -0.2) is 0 Å². The second-order valence-corrected chi connectivity index (χ2v) is 8.48. The second-order valence-electron chi connectivity index (χ2n) is 6.26. The summed E-state index contributed by atoms with van der Waals surface area (Å²) in [6.07, 6.45) is 18.6. The molecule has 0 aromatic heterocycles. The molecule has 0 radical (unpaired) electrons. The molecule has 1 atom stereocenters. The molecule has 0 rings (SSSR count). The molecule has 1 unspecified atom stereocenters. The van der Waals surface area contributed by atoms with Crippen molar-refractivity contribution in [2.24, 2.45) is 0 Å². The van der Waals surface area contributed by atoms with Crippen molar-refractivity contribution >= 4 is 28.6 Å². The molecule has 0 saturated carbocycles. The fourth-order valence-corrected chi connectivity index (χ4v) is 4.53. The molecule has 0 spiro atoms. The highest BCUT2D eigenvalue weighted by molar-refractivity contribution is 8.14. The van der Waals surface area contributed by atoms with E-state index in [1.54, 1.807) is 11.8 Å². The fourth-order valence-electron chi connectivity index (χ4n) is 2.55. The monoisotopic (exact) mass is 346 g/mol. The Morgan fingerprint density at radius 3 is 1.95 bits per heavy atom. The molecule has 132 valence electrons. The van der Waals surface area contributed by atoms with Crippen LogP contribution in [0.4, 0.5) is 0 Å². The zero-order valence-electron chi connectivity index (χ0n) is 15.2. The summed E-state index contributed by atoms with van der Waals surface area (Å²) in [5, 5.41) is 1.08. The van der Waals surface area contributed by atoms with Crippen LogP contribution >= 0.6 is 23.5 Å². The maximum atomic E-state index is 11.9. The van der Waals surface area contributed by atoms with Gasteiger partial charge < -0.3 is 0 Å². The van der Waals surface area contributed by atoms with E-state index >= 15 is 0 Å². The Hall–Kier alpha value is 0.370. The Morgan fingerprint density at radius 1 is 0.818 bits per heavy atom. The van der Waals surface area contributed by atoms with E-state index in [-0.39, 0.29) is 0 Å². The molecule has 3 heteroatoms. The molecule has 0 aliphatic carbocycles. The minimum Gasteiger partial charge on any atom is -0.287 e. The van der Waals surface area contributed by atoms with Gasteiger partial charge in [0.15, 0.2) is 5.12 Å². The zero-order chi connectivity index (χ0) is 16.5. The van der Waals surface area contributed by atoms with Crippen LogP contribution in [-0.2, 0) is 4.79 Å². The first-order valence-electron chi connectivity index (χ1n) is 9.43. The van der Waals surface area contributed by atoms with Gasteiger partial charge >= 0.3 is 0 Å². The molecule has 0 heterocycles. The summed E-state index contributed by atoms with van der Waals surface area (Å²) in [5.41, 5.74) is 0. The normalized spacial score (nSPS) is 12.5. The molecule has 1 nitrogen and oxygen atoms in total. The van der Waals surface area contributed by atoms with Gasteiger partial charge in [0.1, 0.15) is 0 Å². The molecule has 0 aliphatic heterocycles. The largest absolute Gasteiger partial charge is 0.287 e. The predicted octanol–water partition coefficient (Wildman–Crippen LogP) is 7.09. The Labute approximate surface area is 148 Å². The molecule has 0 saturated heterocycles. The topological polar surface area (TPSA) is 17.1 Å². The molecule has 0 bridgehead atoms. The minimum absolute atomic E-state index is 0.417. The third-order valence-electron chi connectivity index (χ3n) is 4.13. The zero-order valence-corrected chi connectivity index (χ0v) is 16.8. The Kier molecular flexibility index (Phi) is 18.0. The summed E-state index contributed by atoms with van der Waals surface area (Å²) in [7, 11) is 0. The van der Waals surface area contributed by atoms with Crippen molar-refractivity contribution in [1.29, 1.82) is 0 Å². The molecule has 0 aliphatic rings. The fraction of sp³-hybridized carbons (Fsp3) is 0.947. The van der Waals surface area contributed by atoms with Crippen molar-refractivity contribution in [3.05, 3.63) is 0 Å². The van der Waals surface area contributed by atoms with Crippen LogP contribution in [0, 0.1) is 0 Å². The number of unbranched alkanes of at least 4 members (excludes halogenated alkanes) is 9. The van der Waals surface area contributed by atoms with Crippen molar-refractivity contribution in [1.82, 2.24) is 0 Å². The second kappa shape index (κ2) is 17.7. The molecule has 0 aromatic carbocycles. The van der Waals surface area contributed by atoms with Crippen LogP contribution in [0.3, 0.4) is 0 Å². The number of hydrogen-bond acceptors (Lipinski definition) is 3. The number of thioether (sulfide) groups is 2. The standard InChI is InChI=1S/C19H38OS2/c1-4-6-8-10-12-14-16-19(20)22-17-18(21-3)15-13-11-9-7-5-2/h18H,4-17H2,1-3H3. The van der Waals surface area contributed by atoms with E-state index in [0.717, 1.165) is 18.6 Å². The summed E-state index contributed by atoms with van der Waals surface area (Å²) in [4.78, 5) is 11.9. The maximum absolute atomic E-state index is 11.9. The van der Waals surface area contributed by atoms with Gasteiger partial charge in [-0.1, -0.05) is 89.8 Å². The van der Waals surface area contributed by atoms with Crippen LogP contribution in [0.25, 0.3) is 0 Å². The van der Waals surface area contributed by atoms with E-state index < -0.39 is 0 Å². The third kappa shape index (κ3) is 15.3. The highest BCUT2D eigenvalue weighted by atomic mass is 32.2. The van der Waals surface area contributed by atoms with Crippen LogP contribution in [0.1, 0.15) is 97.3 Å². The maximum Gasteiger partial charge on any atom is 0.188 e. The van der Waals surface area contributed by atoms with Gasteiger partial charge in [0.05, 0.1) is 0 Å². The summed E-state index contributed by atoms with van der Waals surface area (Å²) < 4.78 is 0. The quantitative estimate of drug-likeness (QED) is 0.278. The van der Waals surface area contributed by atoms with E-state index in [4.69, 9.17) is 0 Å². The molecule has 0 fully saturated rings. The van der Waals surface area contributed by atoms with E-state index in [9.17, 15) is 4.79 Å². The van der Waals surface area contributed by atoms with Crippen molar-refractivity contribution in [2.45, 2.75) is 103 Å². The first kappa shape index (κ1) is 22.4. The van der Waals surface area contributed by atoms with Gasteiger partial charge in [0, 0.05) is 17.4 Å². The summed E-state index contributed by atoms with van der Waals surface area (Å²) in [6, 6.07) is 0. The lowest BCUT2D eigenvalue weighted by Crippen LogP contribution is -2.08. The molecule has 0 aromatic rings. The van der Waals surface area contributed by atoms with Crippen LogP contribution in [0.2, 0.25) is 0 Å². The highest BCUT2D eigenvalue weighted by Crippen LogP contribution is 2.22. The Balaban J connectivity index is 3.51. The predicted molar refractivity (Wildman–Crippen MR) is 106 cm³/mol.